The SMILES string of the molecule is CS(=O)(=O)N1CCCC(CC2(C(=O)O)CC3CC3C2)C1. The number of aliphatic carboxylic acids is 1. The zero-order chi connectivity index (χ0) is 14.5. The van der Waals surface area contributed by atoms with Gasteiger partial charge in [0.1, 0.15) is 0 Å². The van der Waals surface area contributed by atoms with Crippen LogP contribution >= 0.6 is 0 Å². The normalized spacial score (nSPS) is 41.4. The van der Waals surface area contributed by atoms with E-state index in [9.17, 15) is 18.3 Å². The summed E-state index contributed by atoms with van der Waals surface area (Å²) in [5.74, 6) is 0.787. The first kappa shape index (κ1) is 14.3. The fourth-order valence-electron chi connectivity index (χ4n) is 4.37. The van der Waals surface area contributed by atoms with E-state index >= 15 is 0 Å². The number of piperidine rings is 1. The summed E-state index contributed by atoms with van der Waals surface area (Å²) in [7, 11) is -3.15. The molecule has 0 radical (unpaired) electrons. The van der Waals surface area contributed by atoms with E-state index in [1.54, 1.807) is 0 Å². The van der Waals surface area contributed by atoms with Gasteiger partial charge >= 0.3 is 5.97 Å². The summed E-state index contributed by atoms with van der Waals surface area (Å²) in [6.45, 7) is 1.09. The monoisotopic (exact) mass is 301 g/mol. The highest BCUT2D eigenvalue weighted by atomic mass is 32.2. The fourth-order valence-corrected chi connectivity index (χ4v) is 5.32. The van der Waals surface area contributed by atoms with E-state index in [0.717, 1.165) is 25.7 Å². The van der Waals surface area contributed by atoms with Crippen LogP contribution in [0.25, 0.3) is 0 Å². The number of sulfonamides is 1. The maximum absolute atomic E-state index is 11.7. The third kappa shape index (κ3) is 2.60. The number of hydrogen-bond acceptors (Lipinski definition) is 3. The molecule has 114 valence electrons. The van der Waals surface area contributed by atoms with Crippen LogP contribution in [0.1, 0.15) is 38.5 Å². The van der Waals surface area contributed by atoms with E-state index < -0.39 is 21.4 Å². The largest absolute Gasteiger partial charge is 0.481 e. The Hall–Kier alpha value is -0.620. The van der Waals surface area contributed by atoms with E-state index in [1.165, 1.54) is 17.0 Å². The first-order chi connectivity index (χ1) is 9.30. The van der Waals surface area contributed by atoms with Crippen LogP contribution in [0.4, 0.5) is 0 Å². The van der Waals surface area contributed by atoms with Crippen LogP contribution in [0, 0.1) is 23.2 Å². The Labute approximate surface area is 120 Å². The molecule has 20 heavy (non-hydrogen) atoms. The third-order valence-electron chi connectivity index (χ3n) is 5.46. The maximum atomic E-state index is 11.7. The molecule has 0 aromatic carbocycles. The van der Waals surface area contributed by atoms with E-state index in [1.807, 2.05) is 0 Å². The van der Waals surface area contributed by atoms with Crippen LogP contribution < -0.4 is 0 Å². The summed E-state index contributed by atoms with van der Waals surface area (Å²) in [5.41, 5.74) is -0.571. The highest BCUT2D eigenvalue weighted by Gasteiger charge is 2.58. The van der Waals surface area contributed by atoms with Gasteiger partial charge in [0.25, 0.3) is 0 Å². The van der Waals surface area contributed by atoms with Crippen molar-refractivity contribution in [2.75, 3.05) is 19.3 Å². The summed E-state index contributed by atoms with van der Waals surface area (Å²) >= 11 is 0. The van der Waals surface area contributed by atoms with Crippen LogP contribution in [0.2, 0.25) is 0 Å². The first-order valence-electron chi connectivity index (χ1n) is 7.49. The fraction of sp³-hybridized carbons (Fsp3) is 0.929. The van der Waals surface area contributed by atoms with Crippen LogP contribution in [0.3, 0.4) is 0 Å². The van der Waals surface area contributed by atoms with Gasteiger partial charge in [-0.3, -0.25) is 4.79 Å². The average molecular weight is 301 g/mol. The molecule has 1 heterocycles. The number of carboxylic acid groups (broad SMARTS) is 1. The second-order valence-electron chi connectivity index (χ2n) is 7.08. The van der Waals surface area contributed by atoms with E-state index in [-0.39, 0.29) is 5.92 Å². The van der Waals surface area contributed by atoms with Gasteiger partial charge in [-0.25, -0.2) is 12.7 Å². The second-order valence-corrected chi connectivity index (χ2v) is 9.07. The van der Waals surface area contributed by atoms with Crippen molar-refractivity contribution in [3.05, 3.63) is 0 Å². The Kier molecular flexibility index (Phi) is 3.36. The molecule has 0 spiro atoms. The molecule has 0 bridgehead atoms. The van der Waals surface area contributed by atoms with Gasteiger partial charge in [0.05, 0.1) is 11.7 Å². The molecule has 1 aliphatic heterocycles. The van der Waals surface area contributed by atoms with E-state index in [0.29, 0.717) is 31.3 Å². The zero-order valence-corrected chi connectivity index (χ0v) is 12.7. The van der Waals surface area contributed by atoms with Gasteiger partial charge in [-0.05, 0) is 56.3 Å². The Balaban J connectivity index is 1.68. The van der Waals surface area contributed by atoms with Gasteiger partial charge in [0.2, 0.25) is 10.0 Å². The van der Waals surface area contributed by atoms with Crippen LogP contribution in [0.15, 0.2) is 0 Å². The highest BCUT2D eigenvalue weighted by molar-refractivity contribution is 7.88. The first-order valence-corrected chi connectivity index (χ1v) is 9.33. The number of carbonyl (C=O) groups is 1. The minimum atomic E-state index is -3.15. The van der Waals surface area contributed by atoms with E-state index in [2.05, 4.69) is 0 Å². The lowest BCUT2D eigenvalue weighted by Crippen LogP contribution is -2.42. The Bertz CT molecular complexity index is 505. The maximum Gasteiger partial charge on any atom is 0.309 e. The predicted molar refractivity (Wildman–Crippen MR) is 74.7 cm³/mol. The molecule has 1 N–H and O–H groups in total. The van der Waals surface area contributed by atoms with Crippen molar-refractivity contribution >= 4 is 16.0 Å². The summed E-state index contributed by atoms with van der Waals surface area (Å²) in [4.78, 5) is 11.7. The molecule has 3 unspecified atom stereocenters. The Morgan fingerprint density at radius 3 is 2.55 bits per heavy atom. The van der Waals surface area contributed by atoms with Crippen molar-refractivity contribution in [3.8, 4) is 0 Å². The topological polar surface area (TPSA) is 74.7 Å². The third-order valence-corrected chi connectivity index (χ3v) is 6.73. The predicted octanol–water partition coefficient (Wildman–Crippen LogP) is 1.55. The van der Waals surface area contributed by atoms with Crippen LogP contribution in [-0.4, -0.2) is 43.1 Å². The zero-order valence-electron chi connectivity index (χ0n) is 11.9. The molecule has 0 amide bonds. The minimum Gasteiger partial charge on any atom is -0.481 e. The van der Waals surface area contributed by atoms with E-state index in [4.69, 9.17) is 0 Å². The molecular weight excluding hydrogens is 278 g/mol. The van der Waals surface area contributed by atoms with Gasteiger partial charge in [-0.2, -0.15) is 0 Å². The molecule has 0 aromatic heterocycles. The van der Waals surface area contributed by atoms with Crippen molar-refractivity contribution in [1.29, 1.82) is 0 Å². The summed E-state index contributed by atoms with van der Waals surface area (Å²) in [6, 6.07) is 0. The minimum absolute atomic E-state index is 0.201. The molecule has 2 aliphatic carbocycles. The molecule has 0 aromatic rings. The summed E-state index contributed by atoms with van der Waals surface area (Å²) in [5, 5.41) is 9.63. The van der Waals surface area contributed by atoms with Gasteiger partial charge in [0.15, 0.2) is 0 Å². The molecule has 2 saturated carbocycles. The molecule has 3 aliphatic rings. The smallest absolute Gasteiger partial charge is 0.309 e. The highest BCUT2D eigenvalue weighted by Crippen LogP contribution is 2.62. The molecule has 1 saturated heterocycles. The standard InChI is InChI=1S/C14H23NO4S/c1-20(18,19)15-4-2-3-10(9-15)6-14(13(16)17)7-11-5-12(11)8-14/h10-12H,2-9H2,1H3,(H,16,17). The molecule has 3 rings (SSSR count). The Morgan fingerprint density at radius 2 is 2.00 bits per heavy atom. The van der Waals surface area contributed by atoms with Gasteiger partial charge < -0.3 is 5.11 Å². The summed E-state index contributed by atoms with van der Waals surface area (Å²) < 4.78 is 24.8. The number of fused-ring (bicyclic) bond motifs is 1. The van der Waals surface area contributed by atoms with Crippen molar-refractivity contribution in [2.24, 2.45) is 23.2 Å². The number of rotatable bonds is 4. The molecule has 5 nitrogen and oxygen atoms in total. The quantitative estimate of drug-likeness (QED) is 0.855. The van der Waals surface area contributed by atoms with Crippen molar-refractivity contribution in [2.45, 2.75) is 38.5 Å². The van der Waals surface area contributed by atoms with Crippen molar-refractivity contribution in [3.63, 3.8) is 0 Å². The summed E-state index contributed by atoms with van der Waals surface area (Å²) in [6.07, 6.45) is 6.52. The van der Waals surface area contributed by atoms with Gasteiger partial charge in [-0.1, -0.05) is 0 Å². The molecular formula is C14H23NO4S. The lowest BCUT2D eigenvalue weighted by atomic mass is 9.74. The lowest BCUT2D eigenvalue weighted by Gasteiger charge is -2.36. The second kappa shape index (κ2) is 4.70. The lowest BCUT2D eigenvalue weighted by molar-refractivity contribution is -0.150. The Morgan fingerprint density at radius 1 is 1.35 bits per heavy atom. The molecule has 3 atom stereocenters. The van der Waals surface area contributed by atoms with Crippen LogP contribution in [-0.2, 0) is 14.8 Å². The van der Waals surface area contributed by atoms with Gasteiger partial charge in [0, 0.05) is 13.1 Å². The molecule has 6 heteroatoms. The van der Waals surface area contributed by atoms with Crippen molar-refractivity contribution in [1.82, 2.24) is 4.31 Å². The van der Waals surface area contributed by atoms with Crippen molar-refractivity contribution < 1.29 is 18.3 Å². The molecule has 3 fully saturated rings. The van der Waals surface area contributed by atoms with Crippen LogP contribution in [0.5, 0.6) is 0 Å². The average Bonchev–Trinajstić information content (AvgIpc) is 2.96. The van der Waals surface area contributed by atoms with Gasteiger partial charge in [-0.15, -0.1) is 0 Å². The number of carboxylic acids is 1. The number of hydrogen-bond donors (Lipinski definition) is 1. The number of nitrogens with zero attached hydrogens (tertiary/aromatic N) is 1.